The van der Waals surface area contributed by atoms with E-state index in [2.05, 4.69) is 15.6 Å². The Morgan fingerprint density at radius 2 is 1.83 bits per heavy atom. The lowest BCUT2D eigenvalue weighted by Crippen LogP contribution is -2.38. The summed E-state index contributed by atoms with van der Waals surface area (Å²) in [5.41, 5.74) is 1.07. The average molecular weight is 469 g/mol. The van der Waals surface area contributed by atoms with E-state index in [1.807, 2.05) is 27.7 Å². The summed E-state index contributed by atoms with van der Waals surface area (Å²) in [7, 11) is -0.894. The van der Waals surface area contributed by atoms with Crippen LogP contribution < -0.4 is 10.6 Å². The summed E-state index contributed by atoms with van der Waals surface area (Å²) >= 11 is 0. The molecule has 0 amide bonds. The minimum atomic E-state index is -0.894. The summed E-state index contributed by atoms with van der Waals surface area (Å²) in [6.45, 7) is 9.92. The van der Waals surface area contributed by atoms with Crippen molar-refractivity contribution in [3.05, 3.63) is 35.6 Å². The molecule has 1 aromatic rings. The van der Waals surface area contributed by atoms with Crippen molar-refractivity contribution in [1.82, 2.24) is 10.6 Å². The van der Waals surface area contributed by atoms with E-state index in [-0.39, 0.29) is 34.5 Å². The summed E-state index contributed by atoms with van der Waals surface area (Å²) in [6, 6.07) is 6.51. The van der Waals surface area contributed by atoms with E-state index in [9.17, 15) is 8.60 Å². The molecule has 0 spiro atoms. The summed E-state index contributed by atoms with van der Waals surface area (Å²) in [6.07, 6.45) is 0.790. The van der Waals surface area contributed by atoms with Crippen LogP contribution in [0.2, 0.25) is 0 Å². The predicted octanol–water partition coefficient (Wildman–Crippen LogP) is 3.09. The van der Waals surface area contributed by atoms with Crippen LogP contribution in [0.25, 0.3) is 0 Å². The number of guanidine groups is 1. The van der Waals surface area contributed by atoms with Crippen LogP contribution in [-0.2, 0) is 17.2 Å². The van der Waals surface area contributed by atoms with Crippen LogP contribution in [-0.4, -0.2) is 40.3 Å². The molecule has 0 aliphatic carbocycles. The second-order valence-corrected chi connectivity index (χ2v) is 8.55. The third kappa shape index (κ3) is 9.56. The zero-order valence-corrected chi connectivity index (χ0v) is 18.0. The van der Waals surface area contributed by atoms with Crippen LogP contribution in [0.3, 0.4) is 0 Å². The van der Waals surface area contributed by atoms with Gasteiger partial charge >= 0.3 is 0 Å². The minimum absolute atomic E-state index is 0. The highest BCUT2D eigenvalue weighted by Gasteiger charge is 2.18. The number of hydrogen-bond donors (Lipinski definition) is 2. The van der Waals surface area contributed by atoms with Crippen molar-refractivity contribution in [3.8, 4) is 0 Å². The molecule has 0 fully saturated rings. The molecule has 0 aliphatic heterocycles. The molecule has 4 nitrogen and oxygen atoms in total. The Kier molecular flexibility index (Phi) is 11.4. The van der Waals surface area contributed by atoms with E-state index in [0.29, 0.717) is 18.8 Å². The van der Waals surface area contributed by atoms with Gasteiger partial charge in [0.05, 0.1) is 6.54 Å². The van der Waals surface area contributed by atoms with Gasteiger partial charge in [-0.25, -0.2) is 4.39 Å². The van der Waals surface area contributed by atoms with Gasteiger partial charge in [0.2, 0.25) is 0 Å². The number of halogens is 2. The SMILES string of the molecule is CCNC(=NCCS(=O)C(C)(C)C)NCCc1ccc(F)cc1.I. The fourth-order valence-corrected chi connectivity index (χ4v) is 2.73. The number of benzene rings is 1. The first kappa shape index (κ1) is 23.3. The molecule has 1 rings (SSSR count). The van der Waals surface area contributed by atoms with Gasteiger partial charge in [0, 0.05) is 34.4 Å². The lowest BCUT2D eigenvalue weighted by atomic mass is 10.1. The summed E-state index contributed by atoms with van der Waals surface area (Å²) < 4.78 is 24.7. The molecule has 0 aromatic heterocycles. The Balaban J connectivity index is 0.00000529. The zero-order valence-electron chi connectivity index (χ0n) is 14.9. The van der Waals surface area contributed by atoms with Crippen LogP contribution in [0, 0.1) is 5.82 Å². The quantitative estimate of drug-likeness (QED) is 0.367. The van der Waals surface area contributed by atoms with Crippen LogP contribution in [0.4, 0.5) is 4.39 Å². The number of nitrogens with zero attached hydrogens (tertiary/aromatic N) is 1. The van der Waals surface area contributed by atoms with Crippen molar-refractivity contribution in [2.75, 3.05) is 25.4 Å². The van der Waals surface area contributed by atoms with Crippen LogP contribution in [0.1, 0.15) is 33.3 Å². The lowest BCUT2D eigenvalue weighted by Gasteiger charge is -2.17. The van der Waals surface area contributed by atoms with Gasteiger partial charge in [-0.3, -0.25) is 9.20 Å². The topological polar surface area (TPSA) is 53.5 Å². The van der Waals surface area contributed by atoms with Crippen LogP contribution in [0.15, 0.2) is 29.3 Å². The van der Waals surface area contributed by atoms with Gasteiger partial charge in [0.1, 0.15) is 5.82 Å². The van der Waals surface area contributed by atoms with Crippen molar-refractivity contribution in [3.63, 3.8) is 0 Å². The number of nitrogens with one attached hydrogen (secondary N) is 2. The van der Waals surface area contributed by atoms with Gasteiger partial charge in [-0.2, -0.15) is 0 Å². The van der Waals surface area contributed by atoms with E-state index in [0.717, 1.165) is 24.5 Å². The van der Waals surface area contributed by atoms with Gasteiger partial charge in [-0.15, -0.1) is 24.0 Å². The highest BCUT2D eigenvalue weighted by molar-refractivity contribution is 14.0. The molecule has 0 aliphatic rings. The summed E-state index contributed by atoms with van der Waals surface area (Å²) in [4.78, 5) is 4.45. The van der Waals surface area contributed by atoms with Gasteiger partial charge in [0.15, 0.2) is 5.96 Å². The van der Waals surface area contributed by atoms with Crippen LogP contribution >= 0.6 is 24.0 Å². The first-order valence-electron chi connectivity index (χ1n) is 7.98. The minimum Gasteiger partial charge on any atom is -0.357 e. The Labute approximate surface area is 164 Å². The highest BCUT2D eigenvalue weighted by Crippen LogP contribution is 2.10. The fraction of sp³-hybridized carbons (Fsp3) is 0.588. The maximum Gasteiger partial charge on any atom is 0.191 e. The molecular formula is C17H29FIN3OS. The molecule has 1 atom stereocenters. The average Bonchev–Trinajstić information content (AvgIpc) is 2.48. The Hall–Kier alpha value is -0.700. The van der Waals surface area contributed by atoms with Crippen molar-refractivity contribution in [2.45, 2.75) is 38.9 Å². The molecule has 1 unspecified atom stereocenters. The molecule has 0 saturated heterocycles. The Morgan fingerprint density at radius 3 is 2.38 bits per heavy atom. The predicted molar refractivity (Wildman–Crippen MR) is 112 cm³/mol. The first-order valence-corrected chi connectivity index (χ1v) is 9.30. The molecule has 2 N–H and O–H groups in total. The van der Waals surface area contributed by atoms with Crippen molar-refractivity contribution >= 4 is 40.7 Å². The first-order chi connectivity index (χ1) is 10.8. The summed E-state index contributed by atoms with van der Waals surface area (Å²) in [5, 5.41) is 6.41. The number of hydrogen-bond acceptors (Lipinski definition) is 2. The van der Waals surface area contributed by atoms with Crippen molar-refractivity contribution < 1.29 is 8.60 Å². The fourth-order valence-electron chi connectivity index (χ4n) is 1.86. The molecule has 24 heavy (non-hydrogen) atoms. The van der Waals surface area contributed by atoms with Crippen LogP contribution in [0.5, 0.6) is 0 Å². The summed E-state index contributed by atoms with van der Waals surface area (Å²) in [5.74, 6) is 1.06. The van der Waals surface area contributed by atoms with Crippen molar-refractivity contribution in [2.24, 2.45) is 4.99 Å². The van der Waals surface area contributed by atoms with Gasteiger partial charge in [-0.05, 0) is 51.8 Å². The van der Waals surface area contributed by atoms with E-state index in [4.69, 9.17) is 0 Å². The Bertz CT molecular complexity index is 530. The molecule has 138 valence electrons. The lowest BCUT2D eigenvalue weighted by molar-refractivity contribution is 0.626. The molecular weight excluding hydrogens is 440 g/mol. The van der Waals surface area contributed by atoms with Gasteiger partial charge in [0.25, 0.3) is 0 Å². The van der Waals surface area contributed by atoms with E-state index in [1.165, 1.54) is 12.1 Å². The third-order valence-electron chi connectivity index (χ3n) is 3.19. The second kappa shape index (κ2) is 11.8. The maximum atomic E-state index is 12.9. The van der Waals surface area contributed by atoms with E-state index in [1.54, 1.807) is 12.1 Å². The van der Waals surface area contributed by atoms with Crippen molar-refractivity contribution in [1.29, 1.82) is 0 Å². The molecule has 0 saturated carbocycles. The zero-order chi connectivity index (χ0) is 17.3. The standard InChI is InChI=1S/C17H28FN3OS.HI/c1-5-19-16(21-12-13-23(22)17(2,3)4)20-11-10-14-6-8-15(18)9-7-14;/h6-9H,5,10-13H2,1-4H3,(H2,19,20,21);1H. The van der Waals surface area contributed by atoms with E-state index >= 15 is 0 Å². The highest BCUT2D eigenvalue weighted by atomic mass is 127. The normalized spacial score (nSPS) is 13.1. The molecule has 0 radical (unpaired) electrons. The Morgan fingerprint density at radius 1 is 1.21 bits per heavy atom. The number of rotatable bonds is 7. The molecule has 0 heterocycles. The maximum absolute atomic E-state index is 12.9. The van der Waals surface area contributed by atoms with E-state index < -0.39 is 10.8 Å². The smallest absolute Gasteiger partial charge is 0.191 e. The third-order valence-corrected chi connectivity index (χ3v) is 5.11. The van der Waals surface area contributed by atoms with Gasteiger partial charge in [-0.1, -0.05) is 12.1 Å². The number of aliphatic imine (C=N–C) groups is 1. The monoisotopic (exact) mass is 469 g/mol. The van der Waals surface area contributed by atoms with Gasteiger partial charge < -0.3 is 10.6 Å². The molecule has 1 aromatic carbocycles. The molecule has 0 bridgehead atoms. The molecule has 7 heteroatoms. The second-order valence-electron chi connectivity index (χ2n) is 6.23. The largest absolute Gasteiger partial charge is 0.357 e.